The Labute approximate surface area is 65.6 Å². The van der Waals surface area contributed by atoms with Crippen LogP contribution in [0.5, 0.6) is 5.06 Å². The third kappa shape index (κ3) is 1.03. The van der Waals surface area contributed by atoms with Crippen molar-refractivity contribution in [3.05, 3.63) is 16.0 Å². The number of thiophene rings is 1. The van der Waals surface area contributed by atoms with Gasteiger partial charge in [-0.15, -0.1) is 11.3 Å². The van der Waals surface area contributed by atoms with E-state index < -0.39 is 0 Å². The van der Waals surface area contributed by atoms with Gasteiger partial charge < -0.3 is 4.74 Å². The first-order valence-electron chi connectivity index (χ1n) is 3.27. The SMILES string of the molecule is COc1sc(C)c(C)c1C. The molecule has 0 aliphatic rings. The summed E-state index contributed by atoms with van der Waals surface area (Å²) < 4.78 is 5.17. The fourth-order valence-corrected chi connectivity index (χ4v) is 1.88. The molecule has 0 bridgehead atoms. The average molecular weight is 156 g/mol. The second-order valence-electron chi connectivity index (χ2n) is 2.40. The van der Waals surface area contributed by atoms with Crippen molar-refractivity contribution in [2.75, 3.05) is 7.11 Å². The summed E-state index contributed by atoms with van der Waals surface area (Å²) in [5, 5.41) is 1.05. The van der Waals surface area contributed by atoms with Gasteiger partial charge in [-0.3, -0.25) is 0 Å². The van der Waals surface area contributed by atoms with Gasteiger partial charge in [0.15, 0.2) is 5.06 Å². The molecule has 0 unspecified atom stereocenters. The zero-order chi connectivity index (χ0) is 7.72. The first-order chi connectivity index (χ1) is 4.66. The summed E-state index contributed by atoms with van der Waals surface area (Å²) in [6.07, 6.45) is 0. The highest BCUT2D eigenvalue weighted by atomic mass is 32.1. The summed E-state index contributed by atoms with van der Waals surface area (Å²) in [4.78, 5) is 1.36. The summed E-state index contributed by atoms with van der Waals surface area (Å²) >= 11 is 1.72. The second kappa shape index (κ2) is 2.62. The van der Waals surface area contributed by atoms with E-state index in [0.717, 1.165) is 5.06 Å². The van der Waals surface area contributed by atoms with Crippen molar-refractivity contribution in [2.24, 2.45) is 0 Å². The largest absolute Gasteiger partial charge is 0.487 e. The molecule has 1 nitrogen and oxygen atoms in total. The molecule has 0 aliphatic heterocycles. The van der Waals surface area contributed by atoms with Gasteiger partial charge in [-0.05, 0) is 26.3 Å². The van der Waals surface area contributed by atoms with Crippen molar-refractivity contribution in [3.8, 4) is 5.06 Å². The van der Waals surface area contributed by atoms with Crippen molar-refractivity contribution >= 4 is 11.3 Å². The minimum atomic E-state index is 1.05. The van der Waals surface area contributed by atoms with Crippen molar-refractivity contribution in [1.29, 1.82) is 0 Å². The topological polar surface area (TPSA) is 9.23 Å². The second-order valence-corrected chi connectivity index (χ2v) is 3.59. The van der Waals surface area contributed by atoms with Crippen molar-refractivity contribution in [1.82, 2.24) is 0 Å². The van der Waals surface area contributed by atoms with Crippen LogP contribution in [0.1, 0.15) is 16.0 Å². The summed E-state index contributed by atoms with van der Waals surface area (Å²) in [5.74, 6) is 0. The normalized spacial score (nSPS) is 10.0. The maximum absolute atomic E-state index is 5.17. The molecule has 0 saturated carbocycles. The van der Waals surface area contributed by atoms with Crippen molar-refractivity contribution in [2.45, 2.75) is 20.8 Å². The lowest BCUT2D eigenvalue weighted by Crippen LogP contribution is -1.80. The minimum absolute atomic E-state index is 1.05. The molecule has 56 valence electrons. The number of ether oxygens (including phenoxy) is 1. The molecule has 10 heavy (non-hydrogen) atoms. The van der Waals surface area contributed by atoms with Crippen molar-refractivity contribution < 1.29 is 4.74 Å². The van der Waals surface area contributed by atoms with Crippen LogP contribution in [0.15, 0.2) is 0 Å². The molecule has 0 fully saturated rings. The minimum Gasteiger partial charge on any atom is -0.487 e. The van der Waals surface area contributed by atoms with E-state index in [4.69, 9.17) is 4.74 Å². The third-order valence-electron chi connectivity index (χ3n) is 1.83. The van der Waals surface area contributed by atoms with Crippen LogP contribution in [0.2, 0.25) is 0 Å². The highest BCUT2D eigenvalue weighted by molar-refractivity contribution is 7.14. The number of hydrogen-bond donors (Lipinski definition) is 0. The van der Waals surface area contributed by atoms with Crippen molar-refractivity contribution in [3.63, 3.8) is 0 Å². The monoisotopic (exact) mass is 156 g/mol. The van der Waals surface area contributed by atoms with E-state index in [-0.39, 0.29) is 0 Å². The lowest BCUT2D eigenvalue weighted by atomic mass is 10.2. The smallest absolute Gasteiger partial charge is 0.176 e. The number of methoxy groups -OCH3 is 1. The van der Waals surface area contributed by atoms with E-state index in [1.807, 2.05) is 0 Å². The lowest BCUT2D eigenvalue weighted by molar-refractivity contribution is 0.424. The standard InChI is InChI=1S/C8H12OS/c1-5-6(2)8(9-4)10-7(5)3/h1-4H3. The highest BCUT2D eigenvalue weighted by Crippen LogP contribution is 2.32. The van der Waals surface area contributed by atoms with E-state index in [0.29, 0.717) is 0 Å². The Hall–Kier alpha value is -0.500. The Balaban J connectivity index is 3.17. The Morgan fingerprint density at radius 2 is 1.70 bits per heavy atom. The van der Waals surface area contributed by atoms with E-state index in [9.17, 15) is 0 Å². The fraction of sp³-hybridized carbons (Fsp3) is 0.500. The Morgan fingerprint density at radius 1 is 1.10 bits per heavy atom. The molecule has 1 aromatic rings. The quantitative estimate of drug-likeness (QED) is 0.607. The first-order valence-corrected chi connectivity index (χ1v) is 4.09. The van der Waals surface area contributed by atoms with Crippen LogP contribution < -0.4 is 4.74 Å². The van der Waals surface area contributed by atoms with Crippen LogP contribution in [0, 0.1) is 20.8 Å². The van der Waals surface area contributed by atoms with E-state index in [2.05, 4.69) is 20.8 Å². The zero-order valence-electron chi connectivity index (χ0n) is 6.82. The third-order valence-corrected chi connectivity index (χ3v) is 3.10. The fourth-order valence-electron chi connectivity index (χ4n) is 0.904. The molecule has 0 saturated heterocycles. The first kappa shape index (κ1) is 7.61. The Kier molecular flexibility index (Phi) is 2.00. The molecular formula is C8H12OS. The highest BCUT2D eigenvalue weighted by Gasteiger charge is 2.06. The van der Waals surface area contributed by atoms with Gasteiger partial charge >= 0.3 is 0 Å². The van der Waals surface area contributed by atoms with E-state index in [1.165, 1.54) is 16.0 Å². The van der Waals surface area contributed by atoms with E-state index in [1.54, 1.807) is 18.4 Å². The molecule has 1 aromatic heterocycles. The maximum Gasteiger partial charge on any atom is 0.176 e. The van der Waals surface area contributed by atoms with Gasteiger partial charge in [0.05, 0.1) is 7.11 Å². The molecule has 0 spiro atoms. The average Bonchev–Trinajstić information content (AvgIpc) is 2.17. The van der Waals surface area contributed by atoms with Crippen LogP contribution in [0.4, 0.5) is 0 Å². The Bertz CT molecular complexity index is 238. The van der Waals surface area contributed by atoms with E-state index >= 15 is 0 Å². The van der Waals surface area contributed by atoms with Crippen LogP contribution in [0.3, 0.4) is 0 Å². The Morgan fingerprint density at radius 3 is 1.90 bits per heavy atom. The summed E-state index contributed by atoms with van der Waals surface area (Å²) in [7, 11) is 1.72. The number of aryl methyl sites for hydroxylation is 1. The molecular weight excluding hydrogens is 144 g/mol. The van der Waals surface area contributed by atoms with Crippen LogP contribution in [-0.4, -0.2) is 7.11 Å². The van der Waals surface area contributed by atoms with Gasteiger partial charge in [-0.2, -0.15) is 0 Å². The molecule has 2 heteroatoms. The van der Waals surface area contributed by atoms with Gasteiger partial charge in [0.25, 0.3) is 0 Å². The van der Waals surface area contributed by atoms with Gasteiger partial charge in [-0.25, -0.2) is 0 Å². The molecule has 1 heterocycles. The summed E-state index contributed by atoms with van der Waals surface area (Å²) in [5.41, 5.74) is 2.65. The van der Waals surface area contributed by atoms with Gasteiger partial charge in [0, 0.05) is 10.4 Å². The van der Waals surface area contributed by atoms with Gasteiger partial charge in [0.2, 0.25) is 0 Å². The molecule has 0 atom stereocenters. The zero-order valence-corrected chi connectivity index (χ0v) is 7.63. The molecule has 0 aromatic carbocycles. The number of rotatable bonds is 1. The summed E-state index contributed by atoms with van der Waals surface area (Å²) in [6, 6.07) is 0. The summed E-state index contributed by atoms with van der Waals surface area (Å²) in [6.45, 7) is 6.34. The lowest BCUT2D eigenvalue weighted by Gasteiger charge is -1.94. The van der Waals surface area contributed by atoms with Crippen LogP contribution in [0.25, 0.3) is 0 Å². The van der Waals surface area contributed by atoms with Crippen LogP contribution >= 0.6 is 11.3 Å². The predicted octanol–water partition coefficient (Wildman–Crippen LogP) is 2.68. The molecule has 0 amide bonds. The maximum atomic E-state index is 5.17. The van der Waals surface area contributed by atoms with Crippen LogP contribution in [-0.2, 0) is 0 Å². The van der Waals surface area contributed by atoms with Gasteiger partial charge in [-0.1, -0.05) is 0 Å². The van der Waals surface area contributed by atoms with Gasteiger partial charge in [0.1, 0.15) is 0 Å². The predicted molar refractivity (Wildman–Crippen MR) is 45.1 cm³/mol. The molecule has 0 aliphatic carbocycles. The molecule has 0 N–H and O–H groups in total. The molecule has 0 radical (unpaired) electrons. The molecule has 1 rings (SSSR count). The number of hydrogen-bond acceptors (Lipinski definition) is 2.